The zero-order valence-corrected chi connectivity index (χ0v) is 13.0. The smallest absolute Gasteiger partial charge is 0.292 e. The molecule has 2 rings (SSSR count). The number of anilines is 1. The molecular weight excluding hydrogens is 266 g/mol. The Balaban J connectivity index is 2.10. The predicted molar refractivity (Wildman–Crippen MR) is 85.6 cm³/mol. The Labute approximate surface area is 126 Å². The van der Waals surface area contributed by atoms with Crippen LogP contribution in [0, 0.1) is 10.1 Å². The van der Waals surface area contributed by atoms with Crippen LogP contribution in [0.3, 0.4) is 0 Å². The molecule has 0 atom stereocenters. The first-order valence-electron chi connectivity index (χ1n) is 7.83. The van der Waals surface area contributed by atoms with Crippen LogP contribution in [0.1, 0.15) is 44.6 Å². The Hall–Kier alpha value is -1.62. The van der Waals surface area contributed by atoms with Crippen LogP contribution < -0.4 is 5.32 Å². The van der Waals surface area contributed by atoms with Crippen LogP contribution in [0.2, 0.25) is 0 Å². The Kier molecular flexibility index (Phi) is 5.56. The molecule has 1 N–H and O–H groups in total. The van der Waals surface area contributed by atoms with Gasteiger partial charge in [-0.15, -0.1) is 0 Å². The van der Waals surface area contributed by atoms with Gasteiger partial charge in [0.15, 0.2) is 0 Å². The fraction of sp³-hybridized carbons (Fsp3) is 0.625. The zero-order valence-electron chi connectivity index (χ0n) is 13.0. The van der Waals surface area contributed by atoms with Crippen molar-refractivity contribution in [2.24, 2.45) is 0 Å². The summed E-state index contributed by atoms with van der Waals surface area (Å²) in [4.78, 5) is 13.1. The minimum Gasteiger partial charge on any atom is -0.379 e. The molecule has 116 valence electrons. The van der Waals surface area contributed by atoms with Crippen LogP contribution in [-0.4, -0.2) is 29.5 Å². The van der Waals surface area contributed by atoms with Gasteiger partial charge in [0, 0.05) is 25.2 Å². The van der Waals surface area contributed by atoms with E-state index in [1.807, 2.05) is 12.1 Å². The summed E-state index contributed by atoms with van der Waals surface area (Å²) in [6.45, 7) is 3.66. The molecule has 0 unspecified atom stereocenters. The van der Waals surface area contributed by atoms with Crippen LogP contribution in [0.5, 0.6) is 0 Å². The first-order chi connectivity index (χ1) is 10.1. The van der Waals surface area contributed by atoms with Crippen LogP contribution in [0.15, 0.2) is 18.2 Å². The highest BCUT2D eigenvalue weighted by Gasteiger charge is 2.20. The lowest BCUT2D eigenvalue weighted by Crippen LogP contribution is -2.28. The van der Waals surface area contributed by atoms with E-state index in [9.17, 15) is 10.1 Å². The van der Waals surface area contributed by atoms with Gasteiger partial charge in [-0.2, -0.15) is 0 Å². The molecule has 0 spiro atoms. The number of nitrogens with zero attached hydrogens (tertiary/aromatic N) is 2. The summed E-state index contributed by atoms with van der Waals surface area (Å²) in [5.74, 6) is 0. The van der Waals surface area contributed by atoms with E-state index in [4.69, 9.17) is 0 Å². The first kappa shape index (κ1) is 15.8. The summed E-state index contributed by atoms with van der Waals surface area (Å²) in [6, 6.07) is 6.09. The second kappa shape index (κ2) is 7.41. The molecule has 1 aromatic carbocycles. The number of hydrogen-bond donors (Lipinski definition) is 1. The Morgan fingerprint density at radius 3 is 2.71 bits per heavy atom. The molecule has 0 aromatic heterocycles. The van der Waals surface area contributed by atoms with E-state index < -0.39 is 0 Å². The Morgan fingerprint density at radius 2 is 2.10 bits per heavy atom. The van der Waals surface area contributed by atoms with Gasteiger partial charge in [0.1, 0.15) is 5.69 Å². The lowest BCUT2D eigenvalue weighted by molar-refractivity contribution is -0.384. The van der Waals surface area contributed by atoms with E-state index in [1.54, 1.807) is 6.07 Å². The molecule has 1 fully saturated rings. The van der Waals surface area contributed by atoms with Crippen molar-refractivity contribution in [3.8, 4) is 0 Å². The number of rotatable bonds is 7. The van der Waals surface area contributed by atoms with Crippen molar-refractivity contribution in [1.82, 2.24) is 4.90 Å². The second-order valence-corrected chi connectivity index (χ2v) is 5.89. The molecule has 1 aromatic rings. The summed E-state index contributed by atoms with van der Waals surface area (Å²) in [6.07, 6.45) is 6.12. The molecule has 5 nitrogen and oxygen atoms in total. The number of nitro groups is 1. The lowest BCUT2D eigenvalue weighted by atomic mass is 10.1. The molecule has 1 saturated carbocycles. The van der Waals surface area contributed by atoms with E-state index in [1.165, 1.54) is 25.7 Å². The van der Waals surface area contributed by atoms with Crippen molar-refractivity contribution in [3.05, 3.63) is 33.9 Å². The highest BCUT2D eigenvalue weighted by molar-refractivity contribution is 5.62. The quantitative estimate of drug-likeness (QED) is 0.613. The van der Waals surface area contributed by atoms with Gasteiger partial charge >= 0.3 is 0 Å². The number of nitrogens with one attached hydrogen (secondary N) is 1. The van der Waals surface area contributed by atoms with E-state index in [-0.39, 0.29) is 10.6 Å². The molecule has 0 bridgehead atoms. The van der Waals surface area contributed by atoms with Crippen molar-refractivity contribution < 1.29 is 4.92 Å². The third kappa shape index (κ3) is 4.17. The molecule has 1 aliphatic rings. The molecule has 5 heteroatoms. The van der Waals surface area contributed by atoms with Gasteiger partial charge in [-0.1, -0.05) is 25.8 Å². The van der Waals surface area contributed by atoms with Crippen LogP contribution >= 0.6 is 0 Å². The van der Waals surface area contributed by atoms with E-state index in [2.05, 4.69) is 24.2 Å². The second-order valence-electron chi connectivity index (χ2n) is 5.89. The Bertz CT molecular complexity index is 484. The van der Waals surface area contributed by atoms with Crippen LogP contribution in [0.4, 0.5) is 11.4 Å². The number of hydrogen-bond acceptors (Lipinski definition) is 4. The molecule has 21 heavy (non-hydrogen) atoms. The van der Waals surface area contributed by atoms with Crippen LogP contribution in [-0.2, 0) is 6.54 Å². The van der Waals surface area contributed by atoms with E-state index in [0.717, 1.165) is 25.1 Å². The van der Waals surface area contributed by atoms with Crippen LogP contribution in [0.25, 0.3) is 0 Å². The highest BCUT2D eigenvalue weighted by atomic mass is 16.6. The van der Waals surface area contributed by atoms with Crippen molar-refractivity contribution in [1.29, 1.82) is 0 Å². The van der Waals surface area contributed by atoms with Crippen molar-refractivity contribution in [2.45, 2.75) is 51.6 Å². The average Bonchev–Trinajstić information content (AvgIpc) is 2.99. The zero-order chi connectivity index (χ0) is 15.2. The van der Waals surface area contributed by atoms with Crippen molar-refractivity contribution in [2.75, 3.05) is 18.9 Å². The van der Waals surface area contributed by atoms with E-state index >= 15 is 0 Å². The molecule has 0 heterocycles. The minimum absolute atomic E-state index is 0.163. The highest BCUT2D eigenvalue weighted by Crippen LogP contribution is 2.28. The summed E-state index contributed by atoms with van der Waals surface area (Å²) in [5, 5.41) is 14.2. The van der Waals surface area contributed by atoms with Gasteiger partial charge in [-0.25, -0.2) is 0 Å². The molecule has 1 aliphatic carbocycles. The lowest BCUT2D eigenvalue weighted by Gasteiger charge is -2.24. The maximum atomic E-state index is 11.1. The van der Waals surface area contributed by atoms with Crippen molar-refractivity contribution >= 4 is 11.4 Å². The standard InChI is InChI=1S/C16H25N3O2/c1-3-10-17-15-11-13(8-9-16(15)19(20)21)12-18(2)14-6-4-5-7-14/h8-9,11,14,17H,3-7,10,12H2,1-2H3. The van der Waals surface area contributed by atoms with E-state index in [0.29, 0.717) is 11.7 Å². The summed E-state index contributed by atoms with van der Waals surface area (Å²) >= 11 is 0. The normalized spacial score (nSPS) is 15.6. The van der Waals surface area contributed by atoms with Gasteiger partial charge in [0.05, 0.1) is 4.92 Å². The number of benzene rings is 1. The average molecular weight is 291 g/mol. The van der Waals surface area contributed by atoms with Gasteiger partial charge in [-0.05, 0) is 37.9 Å². The fourth-order valence-corrected chi connectivity index (χ4v) is 3.00. The topological polar surface area (TPSA) is 58.4 Å². The minimum atomic E-state index is -0.317. The van der Waals surface area contributed by atoms with Crippen molar-refractivity contribution in [3.63, 3.8) is 0 Å². The Morgan fingerprint density at radius 1 is 1.38 bits per heavy atom. The van der Waals surface area contributed by atoms with Gasteiger partial charge in [-0.3, -0.25) is 15.0 Å². The van der Waals surface area contributed by atoms with Gasteiger partial charge in [0.25, 0.3) is 5.69 Å². The SMILES string of the molecule is CCCNc1cc(CN(C)C2CCCC2)ccc1[N+](=O)[O-]. The van der Waals surface area contributed by atoms with Gasteiger partial charge < -0.3 is 5.32 Å². The monoisotopic (exact) mass is 291 g/mol. The summed E-state index contributed by atoms with van der Waals surface area (Å²) in [7, 11) is 2.15. The first-order valence-corrected chi connectivity index (χ1v) is 7.83. The summed E-state index contributed by atoms with van der Waals surface area (Å²) in [5.41, 5.74) is 1.93. The predicted octanol–water partition coefficient (Wildman–Crippen LogP) is 3.79. The third-order valence-corrected chi connectivity index (χ3v) is 4.20. The maximum Gasteiger partial charge on any atom is 0.292 e. The molecule has 0 amide bonds. The summed E-state index contributed by atoms with van der Waals surface area (Å²) < 4.78 is 0. The maximum absolute atomic E-state index is 11.1. The molecule has 0 radical (unpaired) electrons. The molecular formula is C16H25N3O2. The van der Waals surface area contributed by atoms with Gasteiger partial charge in [0.2, 0.25) is 0 Å². The number of nitro benzene ring substituents is 1. The third-order valence-electron chi connectivity index (χ3n) is 4.20. The fourth-order valence-electron chi connectivity index (χ4n) is 3.00. The molecule has 0 saturated heterocycles. The largest absolute Gasteiger partial charge is 0.379 e. The molecule has 0 aliphatic heterocycles.